The maximum absolute atomic E-state index is 11.3. The second-order valence-corrected chi connectivity index (χ2v) is 6.88. The van der Waals surface area contributed by atoms with Crippen molar-refractivity contribution in [3.8, 4) is 0 Å². The second kappa shape index (κ2) is 6.17. The molecule has 1 heterocycles. The summed E-state index contributed by atoms with van der Waals surface area (Å²) < 4.78 is 0. The quantitative estimate of drug-likeness (QED) is 0.770. The Bertz CT molecular complexity index is 623. The second-order valence-electron chi connectivity index (χ2n) is 5.89. The number of fused-ring (bicyclic) bond motifs is 1. The molecule has 1 aromatic carbocycles. The maximum atomic E-state index is 11.3. The average Bonchev–Trinajstić information content (AvgIpc) is 2.76. The van der Waals surface area contributed by atoms with Crippen molar-refractivity contribution in [2.24, 2.45) is 5.92 Å². The average molecular weight is 337 g/mol. The molecule has 2 aromatic rings. The van der Waals surface area contributed by atoms with Gasteiger partial charge in [0.2, 0.25) is 0 Å². The van der Waals surface area contributed by atoms with E-state index in [-0.39, 0.29) is 5.69 Å². The Morgan fingerprint density at radius 2 is 1.65 bits per heavy atom. The van der Waals surface area contributed by atoms with E-state index in [0.29, 0.717) is 10.7 Å². The van der Waals surface area contributed by atoms with Gasteiger partial charge in [-0.25, -0.2) is 4.79 Å². The molecule has 1 aliphatic carbocycles. The van der Waals surface area contributed by atoms with Crippen LogP contribution >= 0.6 is 15.9 Å². The van der Waals surface area contributed by atoms with Gasteiger partial charge in [-0.15, -0.1) is 0 Å². The maximum Gasteiger partial charge on any atom is 0.323 e. The van der Waals surface area contributed by atoms with Crippen molar-refractivity contribution in [1.29, 1.82) is 0 Å². The molecule has 0 radical (unpaired) electrons. The van der Waals surface area contributed by atoms with E-state index in [2.05, 4.69) is 38.0 Å². The molecule has 1 unspecified atom stereocenters. The van der Waals surface area contributed by atoms with E-state index >= 15 is 0 Å². The molecular formula is C16H21BrN2O. The molecule has 1 fully saturated rings. The summed E-state index contributed by atoms with van der Waals surface area (Å²) >= 11 is 3.90. The monoisotopic (exact) mass is 336 g/mol. The molecule has 1 aliphatic rings. The first-order valence-electron chi connectivity index (χ1n) is 7.60. The lowest BCUT2D eigenvalue weighted by atomic mass is 9.86. The van der Waals surface area contributed by atoms with Crippen molar-refractivity contribution in [2.75, 3.05) is 0 Å². The highest BCUT2D eigenvalue weighted by atomic mass is 79.9. The molecule has 0 spiro atoms. The van der Waals surface area contributed by atoms with Crippen molar-refractivity contribution in [3.05, 3.63) is 34.2 Å². The van der Waals surface area contributed by atoms with Crippen LogP contribution in [0.25, 0.3) is 11.0 Å². The smallest absolute Gasteiger partial charge is 0.306 e. The summed E-state index contributed by atoms with van der Waals surface area (Å²) in [5.41, 5.74) is 2.94. The third kappa shape index (κ3) is 3.00. The molecule has 0 aliphatic heterocycles. The lowest BCUT2D eigenvalue weighted by Gasteiger charge is -2.25. The fourth-order valence-electron chi connectivity index (χ4n) is 3.27. The van der Waals surface area contributed by atoms with Gasteiger partial charge in [-0.1, -0.05) is 54.1 Å². The summed E-state index contributed by atoms with van der Waals surface area (Å²) in [5.74, 6) is 0.707. The molecule has 2 N–H and O–H groups in total. The predicted molar refractivity (Wildman–Crippen MR) is 86.4 cm³/mol. The number of alkyl halides is 1. The number of nitrogens with one attached hydrogen (secondary N) is 2. The van der Waals surface area contributed by atoms with Crippen LogP contribution in [0.5, 0.6) is 0 Å². The minimum atomic E-state index is -0.130. The SMILES string of the molecule is O=c1[nH]c2ccc(C(Br)C3CCCCCCC3)cc2[nH]1. The van der Waals surface area contributed by atoms with E-state index in [0.717, 1.165) is 11.0 Å². The van der Waals surface area contributed by atoms with Gasteiger partial charge in [-0.3, -0.25) is 0 Å². The summed E-state index contributed by atoms with van der Waals surface area (Å²) in [7, 11) is 0. The Hall–Kier alpha value is -1.03. The molecule has 1 atom stereocenters. The zero-order valence-corrected chi connectivity index (χ0v) is 13.2. The summed E-state index contributed by atoms with van der Waals surface area (Å²) in [5, 5.41) is 0. The number of H-pyrrole nitrogens is 2. The lowest BCUT2D eigenvalue weighted by molar-refractivity contribution is 0.374. The zero-order valence-electron chi connectivity index (χ0n) is 11.6. The van der Waals surface area contributed by atoms with Gasteiger partial charge in [0.25, 0.3) is 0 Å². The molecule has 3 rings (SSSR count). The standard InChI is InChI=1S/C16H21BrN2O/c17-15(11-6-4-2-1-3-5-7-11)12-8-9-13-14(10-12)19-16(20)18-13/h8-11,15H,1-7H2,(H2,18,19,20). The third-order valence-corrected chi connectivity index (χ3v) is 5.70. The first-order valence-corrected chi connectivity index (χ1v) is 8.51. The lowest BCUT2D eigenvalue weighted by Crippen LogP contribution is -2.10. The van der Waals surface area contributed by atoms with Crippen LogP contribution in [0.1, 0.15) is 55.3 Å². The van der Waals surface area contributed by atoms with Crippen LogP contribution in [0, 0.1) is 5.92 Å². The molecule has 4 heteroatoms. The van der Waals surface area contributed by atoms with Crippen molar-refractivity contribution in [1.82, 2.24) is 9.97 Å². The number of aromatic nitrogens is 2. The molecule has 1 saturated carbocycles. The van der Waals surface area contributed by atoms with Crippen molar-refractivity contribution in [3.63, 3.8) is 0 Å². The third-order valence-electron chi connectivity index (χ3n) is 4.42. The van der Waals surface area contributed by atoms with Gasteiger partial charge in [-0.2, -0.15) is 0 Å². The van der Waals surface area contributed by atoms with Crippen LogP contribution < -0.4 is 5.69 Å². The summed E-state index contributed by atoms with van der Waals surface area (Å²) in [6.07, 6.45) is 9.44. The molecule has 3 nitrogen and oxygen atoms in total. The van der Waals surface area contributed by atoms with E-state index in [1.54, 1.807) is 0 Å². The van der Waals surface area contributed by atoms with Gasteiger partial charge in [0, 0.05) is 4.83 Å². The van der Waals surface area contributed by atoms with Crippen LogP contribution in [-0.4, -0.2) is 9.97 Å². The van der Waals surface area contributed by atoms with Gasteiger partial charge in [0.1, 0.15) is 0 Å². The van der Waals surface area contributed by atoms with E-state index in [9.17, 15) is 4.79 Å². The molecule has 0 amide bonds. The Morgan fingerprint density at radius 3 is 2.40 bits per heavy atom. The van der Waals surface area contributed by atoms with E-state index in [1.165, 1.54) is 50.5 Å². The Balaban J connectivity index is 1.82. The first kappa shape index (κ1) is 13.9. The van der Waals surface area contributed by atoms with Crippen molar-refractivity contribution < 1.29 is 0 Å². The highest BCUT2D eigenvalue weighted by molar-refractivity contribution is 9.09. The molecule has 20 heavy (non-hydrogen) atoms. The highest BCUT2D eigenvalue weighted by Crippen LogP contribution is 2.39. The van der Waals surface area contributed by atoms with Gasteiger partial charge < -0.3 is 9.97 Å². The summed E-state index contributed by atoms with van der Waals surface area (Å²) in [4.78, 5) is 17.4. The molecule has 0 saturated heterocycles. The number of benzene rings is 1. The van der Waals surface area contributed by atoms with Gasteiger partial charge in [0.15, 0.2) is 0 Å². The van der Waals surface area contributed by atoms with Crippen molar-refractivity contribution in [2.45, 2.75) is 49.8 Å². The minimum absolute atomic E-state index is 0.130. The largest absolute Gasteiger partial charge is 0.323 e. The van der Waals surface area contributed by atoms with Gasteiger partial charge in [0.05, 0.1) is 11.0 Å². The van der Waals surface area contributed by atoms with E-state index in [1.807, 2.05) is 6.07 Å². The summed E-state index contributed by atoms with van der Waals surface area (Å²) in [6.45, 7) is 0. The normalized spacial score (nSPS) is 19.6. The van der Waals surface area contributed by atoms with E-state index in [4.69, 9.17) is 0 Å². The van der Waals surface area contributed by atoms with Crippen LogP contribution in [-0.2, 0) is 0 Å². The minimum Gasteiger partial charge on any atom is -0.306 e. The number of imidazole rings is 1. The van der Waals surface area contributed by atoms with Gasteiger partial charge in [-0.05, 0) is 36.5 Å². The van der Waals surface area contributed by atoms with Crippen LogP contribution in [0.4, 0.5) is 0 Å². The van der Waals surface area contributed by atoms with Crippen LogP contribution in [0.3, 0.4) is 0 Å². The highest BCUT2D eigenvalue weighted by Gasteiger charge is 2.21. The molecule has 108 valence electrons. The number of hydrogen-bond acceptors (Lipinski definition) is 1. The molecule has 1 aromatic heterocycles. The van der Waals surface area contributed by atoms with Gasteiger partial charge >= 0.3 is 5.69 Å². The Kier molecular flexibility index (Phi) is 4.29. The molecule has 0 bridgehead atoms. The predicted octanol–water partition coefficient (Wildman–Crippen LogP) is 4.65. The first-order chi connectivity index (χ1) is 9.74. The Labute approximate surface area is 127 Å². The number of halogens is 1. The fraction of sp³-hybridized carbons (Fsp3) is 0.562. The topological polar surface area (TPSA) is 48.6 Å². The van der Waals surface area contributed by atoms with Crippen LogP contribution in [0.2, 0.25) is 0 Å². The summed E-state index contributed by atoms with van der Waals surface area (Å²) in [6, 6.07) is 6.23. The van der Waals surface area contributed by atoms with Crippen LogP contribution in [0.15, 0.2) is 23.0 Å². The zero-order chi connectivity index (χ0) is 13.9. The van der Waals surface area contributed by atoms with Crippen molar-refractivity contribution >= 4 is 27.0 Å². The number of aromatic amines is 2. The Morgan fingerprint density at radius 1 is 1.00 bits per heavy atom. The molecular weight excluding hydrogens is 316 g/mol. The number of rotatable bonds is 2. The van der Waals surface area contributed by atoms with E-state index < -0.39 is 0 Å². The number of hydrogen-bond donors (Lipinski definition) is 2. The fourth-order valence-corrected chi connectivity index (χ4v) is 4.09.